The molecule has 30 heavy (non-hydrogen) atoms. The molecular formula is C21H24BrN3O5. The molecule has 0 aliphatic carbocycles. The van der Waals surface area contributed by atoms with Gasteiger partial charge < -0.3 is 19.3 Å². The van der Waals surface area contributed by atoms with E-state index in [2.05, 4.69) is 20.8 Å². The summed E-state index contributed by atoms with van der Waals surface area (Å²) in [6.07, 6.45) is 0.870. The van der Waals surface area contributed by atoms with Crippen LogP contribution >= 0.6 is 15.9 Å². The fraction of sp³-hybridized carbons (Fsp3) is 0.381. The molecule has 1 fully saturated rings. The van der Waals surface area contributed by atoms with Gasteiger partial charge in [0.2, 0.25) is 0 Å². The Morgan fingerprint density at radius 3 is 2.40 bits per heavy atom. The fourth-order valence-electron chi connectivity index (χ4n) is 3.32. The topological polar surface area (TPSA) is 85.2 Å². The Morgan fingerprint density at radius 2 is 1.83 bits per heavy atom. The standard InChI is InChI=1S/C21H24BrN3O5/c1-3-12-30-20-18(22)13-15(14-19(20)29-2)21(26)24-10-8-23(9-11-24)16-4-6-17(7-5-16)25(27)28/h4-7,13-14H,3,8-12H2,1-2H3. The van der Waals surface area contributed by atoms with Crippen molar-refractivity contribution in [2.24, 2.45) is 0 Å². The van der Waals surface area contributed by atoms with Crippen molar-refractivity contribution in [2.75, 3.05) is 44.8 Å². The number of ether oxygens (including phenoxy) is 2. The van der Waals surface area contributed by atoms with Crippen LogP contribution in [0.15, 0.2) is 40.9 Å². The van der Waals surface area contributed by atoms with Crippen LogP contribution < -0.4 is 14.4 Å². The summed E-state index contributed by atoms with van der Waals surface area (Å²) in [4.78, 5) is 27.3. The number of carbonyl (C=O) groups is 1. The zero-order valence-corrected chi connectivity index (χ0v) is 18.6. The van der Waals surface area contributed by atoms with E-state index in [1.165, 1.54) is 12.1 Å². The summed E-state index contributed by atoms with van der Waals surface area (Å²) < 4.78 is 11.8. The molecule has 0 spiro atoms. The highest BCUT2D eigenvalue weighted by Crippen LogP contribution is 2.37. The van der Waals surface area contributed by atoms with E-state index in [1.54, 1.807) is 36.3 Å². The first-order valence-corrected chi connectivity index (χ1v) is 10.5. The fourth-order valence-corrected chi connectivity index (χ4v) is 3.88. The van der Waals surface area contributed by atoms with Gasteiger partial charge >= 0.3 is 0 Å². The molecule has 9 heteroatoms. The number of hydrogen-bond acceptors (Lipinski definition) is 6. The number of amides is 1. The number of piperazine rings is 1. The molecule has 0 N–H and O–H groups in total. The summed E-state index contributed by atoms with van der Waals surface area (Å²) in [5.41, 5.74) is 1.51. The summed E-state index contributed by atoms with van der Waals surface area (Å²) in [7, 11) is 1.55. The van der Waals surface area contributed by atoms with E-state index in [1.807, 2.05) is 6.92 Å². The van der Waals surface area contributed by atoms with Crippen LogP contribution in [0.2, 0.25) is 0 Å². The molecule has 1 saturated heterocycles. The molecule has 0 saturated carbocycles. The Hall–Kier alpha value is -2.81. The van der Waals surface area contributed by atoms with Gasteiger partial charge in [0.05, 0.1) is 23.1 Å². The lowest BCUT2D eigenvalue weighted by molar-refractivity contribution is -0.384. The second-order valence-electron chi connectivity index (χ2n) is 6.89. The molecule has 160 valence electrons. The predicted molar refractivity (Wildman–Crippen MR) is 118 cm³/mol. The Morgan fingerprint density at radius 1 is 1.17 bits per heavy atom. The Balaban J connectivity index is 1.67. The van der Waals surface area contributed by atoms with Gasteiger partial charge in [-0.25, -0.2) is 0 Å². The van der Waals surface area contributed by atoms with Crippen molar-refractivity contribution in [3.05, 3.63) is 56.5 Å². The first-order chi connectivity index (χ1) is 14.4. The van der Waals surface area contributed by atoms with Crippen molar-refractivity contribution < 1.29 is 19.2 Å². The van der Waals surface area contributed by atoms with Gasteiger partial charge in [-0.3, -0.25) is 14.9 Å². The smallest absolute Gasteiger partial charge is 0.269 e. The predicted octanol–water partition coefficient (Wildman–Crippen LogP) is 4.12. The van der Waals surface area contributed by atoms with Crippen LogP contribution in [0.3, 0.4) is 0 Å². The van der Waals surface area contributed by atoms with E-state index in [9.17, 15) is 14.9 Å². The number of nitro groups is 1. The molecule has 0 aromatic heterocycles. The maximum absolute atomic E-state index is 13.0. The first-order valence-electron chi connectivity index (χ1n) is 9.73. The highest BCUT2D eigenvalue weighted by atomic mass is 79.9. The van der Waals surface area contributed by atoms with E-state index in [-0.39, 0.29) is 11.6 Å². The van der Waals surface area contributed by atoms with Gasteiger partial charge in [0.15, 0.2) is 11.5 Å². The van der Waals surface area contributed by atoms with Crippen molar-refractivity contribution in [1.82, 2.24) is 4.90 Å². The Bertz CT molecular complexity index is 912. The van der Waals surface area contributed by atoms with E-state index in [0.717, 1.165) is 12.1 Å². The lowest BCUT2D eigenvalue weighted by atomic mass is 10.1. The molecule has 3 rings (SSSR count). The van der Waals surface area contributed by atoms with Crippen LogP contribution in [0, 0.1) is 10.1 Å². The summed E-state index contributed by atoms with van der Waals surface area (Å²) in [5.74, 6) is 1.05. The maximum atomic E-state index is 13.0. The average molecular weight is 478 g/mol. The minimum absolute atomic E-state index is 0.0680. The molecule has 0 radical (unpaired) electrons. The molecule has 0 bridgehead atoms. The van der Waals surface area contributed by atoms with Gasteiger partial charge in [0, 0.05) is 49.6 Å². The first kappa shape index (κ1) is 21.9. The van der Waals surface area contributed by atoms with Crippen LogP contribution in [-0.4, -0.2) is 55.6 Å². The molecule has 2 aromatic rings. The number of nitrogens with zero attached hydrogens (tertiary/aromatic N) is 3. The van der Waals surface area contributed by atoms with Crippen molar-refractivity contribution >= 4 is 33.2 Å². The third-order valence-electron chi connectivity index (χ3n) is 4.92. The van der Waals surface area contributed by atoms with Gasteiger partial charge in [-0.05, 0) is 46.6 Å². The number of hydrogen-bond donors (Lipinski definition) is 0. The molecule has 1 aliphatic heterocycles. The summed E-state index contributed by atoms with van der Waals surface area (Å²) in [5, 5.41) is 10.8. The summed E-state index contributed by atoms with van der Waals surface area (Å²) in [6.45, 7) is 5.01. The van der Waals surface area contributed by atoms with Crippen molar-refractivity contribution in [3.63, 3.8) is 0 Å². The Kier molecular flexibility index (Phi) is 7.15. The minimum Gasteiger partial charge on any atom is -0.493 e. The van der Waals surface area contributed by atoms with Crippen molar-refractivity contribution in [1.29, 1.82) is 0 Å². The normalized spacial score (nSPS) is 13.8. The number of halogens is 1. The molecule has 1 heterocycles. The third-order valence-corrected chi connectivity index (χ3v) is 5.51. The Labute approximate surface area is 183 Å². The average Bonchev–Trinajstić information content (AvgIpc) is 2.77. The molecular weight excluding hydrogens is 454 g/mol. The number of carbonyl (C=O) groups excluding carboxylic acids is 1. The lowest BCUT2D eigenvalue weighted by Crippen LogP contribution is -2.48. The SMILES string of the molecule is CCCOc1c(Br)cc(C(=O)N2CCN(c3ccc([N+](=O)[O-])cc3)CC2)cc1OC. The largest absolute Gasteiger partial charge is 0.493 e. The zero-order valence-electron chi connectivity index (χ0n) is 17.0. The number of methoxy groups -OCH3 is 1. The van der Waals surface area contributed by atoms with Gasteiger partial charge in [-0.1, -0.05) is 6.92 Å². The van der Waals surface area contributed by atoms with E-state index < -0.39 is 4.92 Å². The number of nitro benzene ring substituents is 1. The number of anilines is 1. The highest BCUT2D eigenvalue weighted by Gasteiger charge is 2.24. The van der Waals surface area contributed by atoms with E-state index in [0.29, 0.717) is 54.3 Å². The monoisotopic (exact) mass is 477 g/mol. The molecule has 2 aromatic carbocycles. The van der Waals surface area contributed by atoms with Crippen LogP contribution in [0.4, 0.5) is 11.4 Å². The molecule has 0 atom stereocenters. The minimum atomic E-state index is -0.411. The van der Waals surface area contributed by atoms with Gasteiger partial charge in [0.25, 0.3) is 11.6 Å². The second-order valence-corrected chi connectivity index (χ2v) is 7.75. The quantitative estimate of drug-likeness (QED) is 0.440. The molecule has 8 nitrogen and oxygen atoms in total. The summed E-state index contributed by atoms with van der Waals surface area (Å²) in [6, 6.07) is 9.95. The molecule has 1 aliphatic rings. The second kappa shape index (κ2) is 9.80. The van der Waals surface area contributed by atoms with Crippen LogP contribution in [0.1, 0.15) is 23.7 Å². The highest BCUT2D eigenvalue weighted by molar-refractivity contribution is 9.10. The van der Waals surface area contributed by atoms with Gasteiger partial charge in [-0.2, -0.15) is 0 Å². The zero-order chi connectivity index (χ0) is 21.7. The molecule has 1 amide bonds. The maximum Gasteiger partial charge on any atom is 0.269 e. The third kappa shape index (κ3) is 4.84. The van der Waals surface area contributed by atoms with Gasteiger partial charge in [-0.15, -0.1) is 0 Å². The van der Waals surface area contributed by atoms with E-state index in [4.69, 9.17) is 9.47 Å². The van der Waals surface area contributed by atoms with Crippen molar-refractivity contribution in [2.45, 2.75) is 13.3 Å². The van der Waals surface area contributed by atoms with Crippen LogP contribution in [0.5, 0.6) is 11.5 Å². The number of benzene rings is 2. The van der Waals surface area contributed by atoms with Crippen LogP contribution in [-0.2, 0) is 0 Å². The number of rotatable bonds is 7. The molecule has 0 unspecified atom stereocenters. The van der Waals surface area contributed by atoms with Crippen LogP contribution in [0.25, 0.3) is 0 Å². The van der Waals surface area contributed by atoms with Gasteiger partial charge in [0.1, 0.15) is 0 Å². The number of non-ortho nitro benzene ring substituents is 1. The summed E-state index contributed by atoms with van der Waals surface area (Å²) >= 11 is 3.49. The lowest BCUT2D eigenvalue weighted by Gasteiger charge is -2.36. The van der Waals surface area contributed by atoms with Crippen molar-refractivity contribution in [3.8, 4) is 11.5 Å². The van der Waals surface area contributed by atoms with E-state index >= 15 is 0 Å².